The maximum absolute atomic E-state index is 12.1. The molecule has 0 saturated heterocycles. The van der Waals surface area contributed by atoms with Crippen molar-refractivity contribution in [2.24, 2.45) is 11.3 Å². The van der Waals surface area contributed by atoms with E-state index in [4.69, 9.17) is 0 Å². The first-order valence-electron chi connectivity index (χ1n) is 7.63. The summed E-state index contributed by atoms with van der Waals surface area (Å²) < 4.78 is 0. The van der Waals surface area contributed by atoms with Gasteiger partial charge in [-0.1, -0.05) is 53.9 Å². The van der Waals surface area contributed by atoms with Crippen LogP contribution in [0.4, 0.5) is 0 Å². The molecule has 19 heavy (non-hydrogen) atoms. The number of carbonyl (C=O) groups excluding carboxylic acids is 2. The molecule has 0 aromatic rings. The number of hydrogen-bond acceptors (Lipinski definition) is 2. The van der Waals surface area contributed by atoms with Crippen LogP contribution in [0.15, 0.2) is 0 Å². The lowest BCUT2D eigenvalue weighted by atomic mass is 9.83. The first kappa shape index (κ1) is 18.1. The summed E-state index contributed by atoms with van der Waals surface area (Å²) in [5.41, 5.74) is -0.212. The van der Waals surface area contributed by atoms with Crippen molar-refractivity contribution in [2.45, 2.75) is 79.7 Å². The average molecular weight is 269 g/mol. The fraction of sp³-hybridized carbons (Fsp3) is 0.875. The number of carbonyl (C=O) groups is 2. The van der Waals surface area contributed by atoms with Gasteiger partial charge in [0.15, 0.2) is 5.78 Å². The largest absolute Gasteiger partial charge is 0.346 e. The molecule has 1 fully saturated rings. The Morgan fingerprint density at radius 2 is 1.53 bits per heavy atom. The Bertz CT molecular complexity index is 286. The maximum Gasteiger partial charge on any atom is 0.223 e. The number of ketones is 1. The third kappa shape index (κ3) is 6.22. The summed E-state index contributed by atoms with van der Waals surface area (Å²) in [7, 11) is 0. The molecule has 0 spiro atoms. The van der Waals surface area contributed by atoms with E-state index >= 15 is 0 Å². The molecule has 0 heterocycles. The normalized spacial score (nSPS) is 18.0. The van der Waals surface area contributed by atoms with Gasteiger partial charge < -0.3 is 5.32 Å². The van der Waals surface area contributed by atoms with E-state index < -0.39 is 0 Å². The van der Waals surface area contributed by atoms with Crippen LogP contribution in [0.1, 0.15) is 73.6 Å². The highest BCUT2D eigenvalue weighted by Gasteiger charge is 2.32. The van der Waals surface area contributed by atoms with E-state index in [1.54, 1.807) is 6.92 Å². The highest BCUT2D eigenvalue weighted by atomic mass is 16.2. The van der Waals surface area contributed by atoms with Gasteiger partial charge in [-0.3, -0.25) is 9.59 Å². The van der Waals surface area contributed by atoms with Gasteiger partial charge in [0.2, 0.25) is 5.91 Å². The van der Waals surface area contributed by atoms with E-state index in [9.17, 15) is 9.59 Å². The second-order valence-corrected chi connectivity index (χ2v) is 6.25. The molecule has 1 atom stereocenters. The molecule has 1 rings (SSSR count). The summed E-state index contributed by atoms with van der Waals surface area (Å²) in [6.45, 7) is 11.5. The number of nitrogens with one attached hydrogen (secondary N) is 1. The Morgan fingerprint density at radius 3 is 1.89 bits per heavy atom. The molecule has 112 valence electrons. The lowest BCUT2D eigenvalue weighted by Crippen LogP contribution is -2.50. The molecule has 0 aliphatic heterocycles. The Labute approximate surface area is 118 Å². The van der Waals surface area contributed by atoms with Gasteiger partial charge in [-0.15, -0.1) is 0 Å². The van der Waals surface area contributed by atoms with Gasteiger partial charge in [0, 0.05) is 5.92 Å². The molecule has 3 nitrogen and oxygen atoms in total. The van der Waals surface area contributed by atoms with Gasteiger partial charge in [0.25, 0.3) is 0 Å². The minimum atomic E-state index is -0.364. The quantitative estimate of drug-likeness (QED) is 0.849. The molecule has 0 radical (unpaired) electrons. The summed E-state index contributed by atoms with van der Waals surface area (Å²) in [5, 5.41) is 2.94. The second-order valence-electron chi connectivity index (χ2n) is 6.25. The van der Waals surface area contributed by atoms with Gasteiger partial charge in [-0.05, 0) is 25.2 Å². The number of rotatable bonds is 3. The van der Waals surface area contributed by atoms with E-state index in [1.165, 1.54) is 6.42 Å². The lowest BCUT2D eigenvalue weighted by Gasteiger charge is -2.31. The Hall–Kier alpha value is -0.860. The zero-order chi connectivity index (χ0) is 15.1. The van der Waals surface area contributed by atoms with Crippen molar-refractivity contribution in [1.29, 1.82) is 0 Å². The molecule has 0 aromatic carbocycles. The highest BCUT2D eigenvalue weighted by molar-refractivity contribution is 5.89. The molecule has 0 aromatic heterocycles. The van der Waals surface area contributed by atoms with Gasteiger partial charge >= 0.3 is 0 Å². The van der Waals surface area contributed by atoms with Gasteiger partial charge in [0.1, 0.15) is 0 Å². The van der Waals surface area contributed by atoms with Crippen molar-refractivity contribution in [2.75, 3.05) is 0 Å². The molecule has 1 amide bonds. The predicted octanol–water partition coefficient (Wildman–Crippen LogP) is 3.71. The van der Waals surface area contributed by atoms with Crippen LogP contribution < -0.4 is 5.32 Å². The van der Waals surface area contributed by atoms with Gasteiger partial charge in [-0.25, -0.2) is 0 Å². The fourth-order valence-electron chi connectivity index (χ4n) is 2.55. The predicted molar refractivity (Wildman–Crippen MR) is 80.0 cm³/mol. The van der Waals surface area contributed by atoms with Crippen molar-refractivity contribution in [1.82, 2.24) is 5.32 Å². The van der Waals surface area contributed by atoms with Crippen LogP contribution in [-0.4, -0.2) is 17.7 Å². The Morgan fingerprint density at radius 1 is 1.05 bits per heavy atom. The van der Waals surface area contributed by atoms with E-state index in [1.807, 2.05) is 34.6 Å². The second kappa shape index (κ2) is 8.34. The molecule has 1 unspecified atom stereocenters. The topological polar surface area (TPSA) is 46.2 Å². The first-order chi connectivity index (χ1) is 8.82. The molecule has 1 aliphatic carbocycles. The van der Waals surface area contributed by atoms with Crippen LogP contribution in [0, 0.1) is 11.3 Å². The molecular weight excluding hydrogens is 238 g/mol. The summed E-state index contributed by atoms with van der Waals surface area (Å²) in [6, 6.07) is -0.364. The van der Waals surface area contributed by atoms with Crippen LogP contribution >= 0.6 is 0 Å². The maximum atomic E-state index is 12.1. The number of Topliss-reactive ketones (excluding diaryl/α,β-unsaturated/α-hetero) is 1. The van der Waals surface area contributed by atoms with Gasteiger partial charge in [-0.2, -0.15) is 0 Å². The van der Waals surface area contributed by atoms with Gasteiger partial charge in [0.05, 0.1) is 6.04 Å². The lowest BCUT2D eigenvalue weighted by molar-refractivity contribution is -0.132. The minimum absolute atomic E-state index is 0.0432. The zero-order valence-electron chi connectivity index (χ0n) is 13.5. The molecule has 3 heteroatoms. The monoisotopic (exact) mass is 269 g/mol. The smallest absolute Gasteiger partial charge is 0.223 e. The summed E-state index contributed by atoms with van der Waals surface area (Å²) in [5.74, 6) is 0.231. The van der Waals surface area contributed by atoms with Crippen molar-refractivity contribution >= 4 is 11.7 Å². The Kier molecular flexibility index (Phi) is 7.96. The zero-order valence-corrected chi connectivity index (χ0v) is 13.5. The Balaban J connectivity index is 0.00000154. The van der Waals surface area contributed by atoms with Crippen molar-refractivity contribution < 1.29 is 9.59 Å². The fourth-order valence-corrected chi connectivity index (χ4v) is 2.55. The van der Waals surface area contributed by atoms with Crippen LogP contribution in [0.5, 0.6) is 0 Å². The van der Waals surface area contributed by atoms with Crippen LogP contribution in [0.3, 0.4) is 0 Å². The number of amides is 1. The average Bonchev–Trinajstić information content (AvgIpc) is 2.37. The van der Waals surface area contributed by atoms with Crippen LogP contribution in [0.2, 0.25) is 0 Å². The summed E-state index contributed by atoms with van der Waals surface area (Å²) in [6.07, 6.45) is 5.46. The van der Waals surface area contributed by atoms with Crippen molar-refractivity contribution in [3.63, 3.8) is 0 Å². The van der Waals surface area contributed by atoms with Crippen molar-refractivity contribution in [3.05, 3.63) is 0 Å². The first-order valence-corrected chi connectivity index (χ1v) is 7.63. The third-order valence-corrected chi connectivity index (χ3v) is 3.54. The number of hydrogen-bond donors (Lipinski definition) is 1. The molecular formula is C16H31NO2. The molecule has 1 N–H and O–H groups in total. The third-order valence-electron chi connectivity index (χ3n) is 3.54. The van der Waals surface area contributed by atoms with E-state index in [0.717, 1.165) is 25.7 Å². The SMILES string of the molecule is CC.CC(=O)C(NC(=O)C1CCCCC1)C(C)(C)C. The van der Waals surface area contributed by atoms with Crippen LogP contribution in [0.25, 0.3) is 0 Å². The summed E-state index contributed by atoms with van der Waals surface area (Å²) in [4.78, 5) is 23.7. The molecule has 1 aliphatic rings. The minimum Gasteiger partial charge on any atom is -0.346 e. The van der Waals surface area contributed by atoms with Crippen LogP contribution in [-0.2, 0) is 9.59 Å². The highest BCUT2D eigenvalue weighted by Crippen LogP contribution is 2.25. The van der Waals surface area contributed by atoms with E-state index in [-0.39, 0.29) is 29.1 Å². The standard InChI is InChI=1S/C14H25NO2.C2H6/c1-10(16)12(14(2,3)4)15-13(17)11-8-6-5-7-9-11;1-2/h11-12H,5-9H2,1-4H3,(H,15,17);1-2H3. The molecule has 1 saturated carbocycles. The van der Waals surface area contributed by atoms with E-state index in [2.05, 4.69) is 5.32 Å². The van der Waals surface area contributed by atoms with E-state index in [0.29, 0.717) is 0 Å². The van der Waals surface area contributed by atoms with Crippen molar-refractivity contribution in [3.8, 4) is 0 Å². The summed E-state index contributed by atoms with van der Waals surface area (Å²) >= 11 is 0. The molecule has 0 bridgehead atoms.